The molecule has 148 valence electrons. The van der Waals surface area contributed by atoms with E-state index in [0.29, 0.717) is 16.8 Å². The summed E-state index contributed by atoms with van der Waals surface area (Å²) >= 11 is 0. The molecule has 0 aliphatic carbocycles. The van der Waals surface area contributed by atoms with E-state index in [1.165, 1.54) is 36.4 Å². The van der Waals surface area contributed by atoms with Gasteiger partial charge in [0, 0.05) is 5.56 Å². The van der Waals surface area contributed by atoms with Gasteiger partial charge in [-0.15, -0.1) is 0 Å². The minimum absolute atomic E-state index is 0.0959. The fraction of sp³-hybridized carbons (Fsp3) is 0.0455. The van der Waals surface area contributed by atoms with Crippen molar-refractivity contribution in [1.82, 2.24) is 9.78 Å². The zero-order valence-electron chi connectivity index (χ0n) is 15.7. The van der Waals surface area contributed by atoms with E-state index in [-0.39, 0.29) is 16.7 Å². The molecule has 8 nitrogen and oxygen atoms in total. The largest absolute Gasteiger partial charge is 0.478 e. The Morgan fingerprint density at radius 1 is 1.03 bits per heavy atom. The van der Waals surface area contributed by atoms with E-state index in [0.717, 1.165) is 4.68 Å². The van der Waals surface area contributed by atoms with Crippen LogP contribution in [0.1, 0.15) is 43.1 Å². The molecule has 2 aromatic carbocycles. The Balaban J connectivity index is 2.17. The Kier molecular flexibility index (Phi) is 5.56. The highest BCUT2D eigenvalue weighted by molar-refractivity contribution is 5.93. The van der Waals surface area contributed by atoms with Crippen molar-refractivity contribution in [3.8, 4) is 11.8 Å². The van der Waals surface area contributed by atoms with Gasteiger partial charge in [0.25, 0.3) is 5.56 Å². The van der Waals surface area contributed by atoms with Gasteiger partial charge in [-0.3, -0.25) is 4.79 Å². The van der Waals surface area contributed by atoms with Crippen LogP contribution in [-0.4, -0.2) is 31.9 Å². The van der Waals surface area contributed by atoms with Gasteiger partial charge in [0.15, 0.2) is 5.69 Å². The van der Waals surface area contributed by atoms with Gasteiger partial charge >= 0.3 is 11.9 Å². The summed E-state index contributed by atoms with van der Waals surface area (Å²) in [6.07, 6.45) is 2.79. The number of aryl methyl sites for hydroxylation is 1. The number of nitriles is 1. The monoisotopic (exact) mass is 401 g/mol. The SMILES string of the molecule is Cc1ccccc1-n1nc(C(=O)O)c(/C=C\c2ccc(C(=O)O)cc2)c(C#N)c1=O. The fourth-order valence-electron chi connectivity index (χ4n) is 2.85. The smallest absolute Gasteiger partial charge is 0.357 e. The summed E-state index contributed by atoms with van der Waals surface area (Å²) < 4.78 is 0.913. The third kappa shape index (κ3) is 3.86. The molecule has 0 saturated carbocycles. The zero-order chi connectivity index (χ0) is 21.8. The first-order valence-electron chi connectivity index (χ1n) is 8.71. The predicted octanol–water partition coefficient (Wildman–Crippen LogP) is 2.98. The van der Waals surface area contributed by atoms with E-state index in [9.17, 15) is 24.8 Å². The zero-order valence-corrected chi connectivity index (χ0v) is 15.7. The van der Waals surface area contributed by atoms with Crippen molar-refractivity contribution in [2.75, 3.05) is 0 Å². The van der Waals surface area contributed by atoms with Crippen molar-refractivity contribution < 1.29 is 19.8 Å². The van der Waals surface area contributed by atoms with E-state index in [4.69, 9.17) is 5.11 Å². The summed E-state index contributed by atoms with van der Waals surface area (Å²) in [5.74, 6) is -2.47. The molecule has 0 bridgehead atoms. The number of para-hydroxylation sites is 1. The number of carbonyl (C=O) groups is 2. The normalized spacial score (nSPS) is 10.7. The van der Waals surface area contributed by atoms with E-state index in [1.54, 1.807) is 37.3 Å². The molecular weight excluding hydrogens is 386 g/mol. The number of nitrogens with zero attached hydrogens (tertiary/aromatic N) is 3. The van der Waals surface area contributed by atoms with Gasteiger partial charge in [0.05, 0.1) is 11.3 Å². The average Bonchev–Trinajstić information content (AvgIpc) is 2.73. The summed E-state index contributed by atoms with van der Waals surface area (Å²) in [6, 6.07) is 14.4. The van der Waals surface area contributed by atoms with Crippen LogP contribution in [0.15, 0.2) is 53.3 Å². The minimum Gasteiger partial charge on any atom is -0.478 e. The third-order valence-electron chi connectivity index (χ3n) is 4.39. The van der Waals surface area contributed by atoms with Crippen molar-refractivity contribution in [3.05, 3.63) is 92.4 Å². The van der Waals surface area contributed by atoms with E-state index in [1.807, 2.05) is 0 Å². The Morgan fingerprint density at radius 2 is 1.70 bits per heavy atom. The molecule has 1 heterocycles. The lowest BCUT2D eigenvalue weighted by Gasteiger charge is -2.11. The van der Waals surface area contributed by atoms with Gasteiger partial charge in [-0.1, -0.05) is 42.5 Å². The van der Waals surface area contributed by atoms with Crippen LogP contribution >= 0.6 is 0 Å². The maximum Gasteiger partial charge on any atom is 0.357 e. The number of carboxylic acids is 2. The molecule has 0 amide bonds. The molecule has 0 saturated heterocycles. The third-order valence-corrected chi connectivity index (χ3v) is 4.39. The Bertz CT molecular complexity index is 1280. The van der Waals surface area contributed by atoms with E-state index in [2.05, 4.69) is 5.10 Å². The van der Waals surface area contributed by atoms with Gasteiger partial charge in [0.2, 0.25) is 0 Å². The number of carboxylic acid groups (broad SMARTS) is 2. The quantitative estimate of drug-likeness (QED) is 0.671. The minimum atomic E-state index is -1.39. The molecule has 2 N–H and O–H groups in total. The van der Waals surface area contributed by atoms with Gasteiger partial charge in [-0.2, -0.15) is 15.0 Å². The molecule has 0 fully saturated rings. The predicted molar refractivity (Wildman–Crippen MR) is 109 cm³/mol. The maximum absolute atomic E-state index is 12.9. The van der Waals surface area contributed by atoms with Crippen LogP contribution in [0.25, 0.3) is 17.8 Å². The number of aromatic nitrogens is 2. The highest BCUT2D eigenvalue weighted by Gasteiger charge is 2.21. The molecule has 3 aromatic rings. The van der Waals surface area contributed by atoms with Crippen molar-refractivity contribution in [2.45, 2.75) is 6.92 Å². The first-order chi connectivity index (χ1) is 14.3. The first kappa shape index (κ1) is 20.2. The molecule has 0 atom stereocenters. The molecule has 3 rings (SSSR count). The molecule has 0 aliphatic heterocycles. The molecular formula is C22H15N3O5. The van der Waals surface area contributed by atoms with Crippen LogP contribution < -0.4 is 5.56 Å². The summed E-state index contributed by atoms with van der Waals surface area (Å²) in [6.45, 7) is 1.74. The maximum atomic E-state index is 12.9. The van der Waals surface area contributed by atoms with Crippen molar-refractivity contribution in [2.24, 2.45) is 0 Å². The number of benzene rings is 2. The van der Waals surface area contributed by atoms with Gasteiger partial charge in [-0.25, -0.2) is 9.59 Å². The molecule has 0 spiro atoms. The van der Waals surface area contributed by atoms with Crippen LogP contribution in [0.3, 0.4) is 0 Å². The fourth-order valence-corrected chi connectivity index (χ4v) is 2.85. The molecule has 30 heavy (non-hydrogen) atoms. The number of rotatable bonds is 5. The molecule has 8 heteroatoms. The van der Waals surface area contributed by atoms with E-state index >= 15 is 0 Å². The van der Waals surface area contributed by atoms with Crippen LogP contribution in [0.5, 0.6) is 0 Å². The first-order valence-corrected chi connectivity index (χ1v) is 8.71. The number of hydrogen-bond donors (Lipinski definition) is 2. The second kappa shape index (κ2) is 8.24. The standard InChI is InChI=1S/C22H15N3O5/c1-13-4-2-3-5-18(13)25-20(26)17(12-23)16(19(24-25)22(29)30)11-8-14-6-9-15(10-7-14)21(27)28/h2-11H,1H3,(H,27,28)(H,29,30)/b11-8-. The topological polar surface area (TPSA) is 133 Å². The molecule has 0 aliphatic rings. The van der Waals surface area contributed by atoms with Crippen LogP contribution in [0.4, 0.5) is 0 Å². The second-order valence-corrected chi connectivity index (χ2v) is 6.32. The van der Waals surface area contributed by atoms with Crippen LogP contribution in [-0.2, 0) is 0 Å². The molecule has 0 radical (unpaired) electrons. The highest BCUT2D eigenvalue weighted by atomic mass is 16.4. The Labute approximate surface area is 170 Å². The Morgan fingerprint density at radius 3 is 2.27 bits per heavy atom. The van der Waals surface area contributed by atoms with Gasteiger partial charge in [0.1, 0.15) is 11.6 Å². The summed E-state index contributed by atoms with van der Waals surface area (Å²) in [4.78, 5) is 35.6. The van der Waals surface area contributed by atoms with Crippen LogP contribution in [0, 0.1) is 18.3 Å². The summed E-state index contributed by atoms with van der Waals surface area (Å²) in [7, 11) is 0. The second-order valence-electron chi connectivity index (χ2n) is 6.32. The van der Waals surface area contributed by atoms with Crippen molar-refractivity contribution >= 4 is 24.1 Å². The van der Waals surface area contributed by atoms with Gasteiger partial charge < -0.3 is 10.2 Å². The Hall–Kier alpha value is -4.51. The van der Waals surface area contributed by atoms with Crippen molar-refractivity contribution in [1.29, 1.82) is 5.26 Å². The molecule has 0 unspecified atom stereocenters. The lowest BCUT2D eigenvalue weighted by atomic mass is 10.1. The highest BCUT2D eigenvalue weighted by Crippen LogP contribution is 2.17. The lowest BCUT2D eigenvalue weighted by Crippen LogP contribution is -2.28. The number of hydrogen-bond acceptors (Lipinski definition) is 5. The average molecular weight is 401 g/mol. The van der Waals surface area contributed by atoms with Crippen molar-refractivity contribution in [3.63, 3.8) is 0 Å². The summed E-state index contributed by atoms with van der Waals surface area (Å²) in [5.41, 5.74) is 0.0500. The number of aromatic carboxylic acids is 2. The summed E-state index contributed by atoms with van der Waals surface area (Å²) in [5, 5.41) is 32.1. The van der Waals surface area contributed by atoms with Crippen LogP contribution in [0.2, 0.25) is 0 Å². The van der Waals surface area contributed by atoms with Gasteiger partial charge in [-0.05, 0) is 36.2 Å². The lowest BCUT2D eigenvalue weighted by molar-refractivity contribution is 0.0680. The molecule has 1 aromatic heterocycles. The van der Waals surface area contributed by atoms with E-state index < -0.39 is 23.2 Å².